The Morgan fingerprint density at radius 1 is 1.75 bits per heavy atom. The molecule has 0 heterocycles. The van der Waals surface area contributed by atoms with Crippen molar-refractivity contribution >= 4 is 5.78 Å². The topological polar surface area (TPSA) is 17.1 Å². The molecule has 0 bridgehead atoms. The summed E-state index contributed by atoms with van der Waals surface area (Å²) in [6, 6.07) is 0. The summed E-state index contributed by atoms with van der Waals surface area (Å²) in [6.45, 7) is 5.83. The van der Waals surface area contributed by atoms with E-state index in [2.05, 4.69) is 19.6 Å². The van der Waals surface area contributed by atoms with Gasteiger partial charge in [-0.25, -0.2) is 0 Å². The first-order chi connectivity index (χ1) is 5.66. The molecule has 0 fully saturated rings. The molecule has 0 unspecified atom stereocenters. The van der Waals surface area contributed by atoms with E-state index in [9.17, 15) is 4.79 Å². The van der Waals surface area contributed by atoms with Crippen LogP contribution < -0.4 is 0 Å². The maximum Gasteiger partial charge on any atom is 0.156 e. The number of allylic oxidation sites excluding steroid dienone is 3. The zero-order valence-corrected chi connectivity index (χ0v) is 7.68. The van der Waals surface area contributed by atoms with Gasteiger partial charge in [-0.05, 0) is 30.8 Å². The third-order valence-corrected chi connectivity index (χ3v) is 2.41. The van der Waals surface area contributed by atoms with Crippen molar-refractivity contribution in [2.45, 2.75) is 32.6 Å². The van der Waals surface area contributed by atoms with Crippen LogP contribution in [0.3, 0.4) is 0 Å². The van der Waals surface area contributed by atoms with Gasteiger partial charge < -0.3 is 0 Å². The Kier molecular flexibility index (Phi) is 2.85. The molecule has 12 heavy (non-hydrogen) atoms. The Labute approximate surface area is 74.2 Å². The molecule has 1 heteroatoms. The predicted molar refractivity (Wildman–Crippen MR) is 50.9 cm³/mol. The predicted octanol–water partition coefficient (Wildman–Crippen LogP) is 2.88. The zero-order valence-electron chi connectivity index (χ0n) is 7.68. The normalized spacial score (nSPS) is 27.9. The second kappa shape index (κ2) is 3.70. The molecule has 1 rings (SSSR count). The largest absolute Gasteiger partial charge is 0.295 e. The van der Waals surface area contributed by atoms with Crippen LogP contribution in [0.4, 0.5) is 0 Å². The molecule has 0 amide bonds. The van der Waals surface area contributed by atoms with E-state index >= 15 is 0 Å². The van der Waals surface area contributed by atoms with Crippen molar-refractivity contribution in [3.8, 4) is 0 Å². The van der Waals surface area contributed by atoms with Gasteiger partial charge in [0.2, 0.25) is 0 Å². The minimum absolute atomic E-state index is 0.139. The maximum atomic E-state index is 11.0. The van der Waals surface area contributed by atoms with Crippen LogP contribution in [0, 0.1) is 5.41 Å². The summed E-state index contributed by atoms with van der Waals surface area (Å²) in [5.41, 5.74) is 0.139. The summed E-state index contributed by atoms with van der Waals surface area (Å²) in [5.74, 6) is 0.274. The highest BCUT2D eigenvalue weighted by molar-refractivity contribution is 5.92. The Balaban J connectivity index is 2.36. The number of hydrogen-bond donors (Lipinski definition) is 0. The first-order valence-electron chi connectivity index (χ1n) is 4.49. The quantitative estimate of drug-likeness (QED) is 0.461. The van der Waals surface area contributed by atoms with Crippen LogP contribution in [0.25, 0.3) is 0 Å². The van der Waals surface area contributed by atoms with Gasteiger partial charge in [0.05, 0.1) is 0 Å². The molecule has 0 N–H and O–H groups in total. The Morgan fingerprint density at radius 3 is 3.00 bits per heavy atom. The van der Waals surface area contributed by atoms with Crippen molar-refractivity contribution in [2.24, 2.45) is 5.41 Å². The highest BCUT2D eigenvalue weighted by Crippen LogP contribution is 2.34. The molecule has 1 aliphatic carbocycles. The van der Waals surface area contributed by atoms with Gasteiger partial charge >= 0.3 is 0 Å². The van der Waals surface area contributed by atoms with Gasteiger partial charge in [-0.2, -0.15) is 0 Å². The average molecular weight is 164 g/mol. The van der Waals surface area contributed by atoms with E-state index in [1.54, 1.807) is 6.08 Å². The third-order valence-electron chi connectivity index (χ3n) is 2.41. The van der Waals surface area contributed by atoms with Crippen molar-refractivity contribution in [1.29, 1.82) is 0 Å². The molecule has 0 saturated heterocycles. The number of carbonyl (C=O) groups excluding carboxylic acids is 1. The molecular formula is C11H16O. The fourth-order valence-corrected chi connectivity index (χ4v) is 1.63. The number of rotatable bonds is 4. The van der Waals surface area contributed by atoms with Crippen molar-refractivity contribution < 1.29 is 4.79 Å². The van der Waals surface area contributed by atoms with E-state index in [-0.39, 0.29) is 11.2 Å². The highest BCUT2D eigenvalue weighted by atomic mass is 16.1. The summed E-state index contributed by atoms with van der Waals surface area (Å²) in [5, 5.41) is 0. The molecule has 1 nitrogen and oxygen atoms in total. The van der Waals surface area contributed by atoms with Crippen LogP contribution in [0.15, 0.2) is 24.8 Å². The lowest BCUT2D eigenvalue weighted by Gasteiger charge is -2.19. The van der Waals surface area contributed by atoms with E-state index in [4.69, 9.17) is 0 Å². The van der Waals surface area contributed by atoms with Crippen LogP contribution in [-0.2, 0) is 4.79 Å². The van der Waals surface area contributed by atoms with Gasteiger partial charge in [0.1, 0.15) is 0 Å². The number of carbonyl (C=O) groups is 1. The number of ketones is 1. The summed E-state index contributed by atoms with van der Waals surface area (Å²) in [6.07, 6.45) is 9.69. The van der Waals surface area contributed by atoms with Gasteiger partial charge in [-0.1, -0.05) is 19.1 Å². The molecule has 0 spiro atoms. The van der Waals surface area contributed by atoms with Crippen LogP contribution in [0.1, 0.15) is 32.6 Å². The van der Waals surface area contributed by atoms with Crippen LogP contribution >= 0.6 is 0 Å². The fourth-order valence-electron chi connectivity index (χ4n) is 1.63. The van der Waals surface area contributed by atoms with Gasteiger partial charge in [-0.15, -0.1) is 6.58 Å². The second-order valence-corrected chi connectivity index (χ2v) is 3.81. The summed E-state index contributed by atoms with van der Waals surface area (Å²) < 4.78 is 0. The van der Waals surface area contributed by atoms with Gasteiger partial charge in [-0.3, -0.25) is 4.79 Å². The van der Waals surface area contributed by atoms with Gasteiger partial charge in [0.25, 0.3) is 0 Å². The molecule has 0 aromatic carbocycles. The van der Waals surface area contributed by atoms with Crippen LogP contribution in [-0.4, -0.2) is 5.78 Å². The van der Waals surface area contributed by atoms with Gasteiger partial charge in [0, 0.05) is 6.42 Å². The standard InChI is InChI=1S/C11H16O/c1-3-4-5-7-11(2)8-6-10(12)9-11/h3,6,8H,1,4-5,7,9H2,2H3/t11-/m1/s1. The minimum Gasteiger partial charge on any atom is -0.295 e. The molecule has 0 radical (unpaired) electrons. The maximum absolute atomic E-state index is 11.0. The molecular weight excluding hydrogens is 148 g/mol. The minimum atomic E-state index is 0.139. The molecule has 0 aromatic rings. The average Bonchev–Trinajstić information content (AvgIpc) is 2.32. The Morgan fingerprint density at radius 2 is 2.50 bits per heavy atom. The van der Waals surface area contributed by atoms with E-state index < -0.39 is 0 Å². The molecule has 1 aliphatic rings. The molecule has 0 saturated carbocycles. The van der Waals surface area contributed by atoms with Gasteiger partial charge in [0.15, 0.2) is 5.78 Å². The molecule has 0 aliphatic heterocycles. The van der Waals surface area contributed by atoms with Crippen molar-refractivity contribution in [3.63, 3.8) is 0 Å². The first-order valence-corrected chi connectivity index (χ1v) is 4.49. The van der Waals surface area contributed by atoms with E-state index in [0.29, 0.717) is 6.42 Å². The molecule has 0 aromatic heterocycles. The lowest BCUT2D eigenvalue weighted by atomic mass is 9.84. The zero-order chi connectivity index (χ0) is 9.03. The lowest BCUT2D eigenvalue weighted by Crippen LogP contribution is -2.11. The fraction of sp³-hybridized carbons (Fsp3) is 0.545. The summed E-state index contributed by atoms with van der Waals surface area (Å²) in [7, 11) is 0. The van der Waals surface area contributed by atoms with E-state index in [0.717, 1.165) is 19.3 Å². The first kappa shape index (κ1) is 9.24. The third kappa shape index (κ3) is 2.33. The van der Waals surface area contributed by atoms with Crippen molar-refractivity contribution in [2.75, 3.05) is 0 Å². The monoisotopic (exact) mass is 164 g/mol. The lowest BCUT2D eigenvalue weighted by molar-refractivity contribution is -0.115. The second-order valence-electron chi connectivity index (χ2n) is 3.81. The van der Waals surface area contributed by atoms with Crippen molar-refractivity contribution in [3.05, 3.63) is 24.8 Å². The van der Waals surface area contributed by atoms with Crippen molar-refractivity contribution in [1.82, 2.24) is 0 Å². The highest BCUT2D eigenvalue weighted by Gasteiger charge is 2.27. The molecule has 1 atom stereocenters. The smallest absolute Gasteiger partial charge is 0.156 e. The Hall–Kier alpha value is -0.850. The van der Waals surface area contributed by atoms with Crippen LogP contribution in [0.5, 0.6) is 0 Å². The van der Waals surface area contributed by atoms with E-state index in [1.807, 2.05) is 6.08 Å². The number of unbranched alkanes of at least 4 members (excludes halogenated alkanes) is 1. The summed E-state index contributed by atoms with van der Waals surface area (Å²) in [4.78, 5) is 11.0. The SMILES string of the molecule is C=CCCC[C@]1(C)C=CC(=O)C1. The number of hydrogen-bond acceptors (Lipinski definition) is 1. The Bertz CT molecular complexity index is 215. The van der Waals surface area contributed by atoms with Crippen LogP contribution in [0.2, 0.25) is 0 Å². The summed E-state index contributed by atoms with van der Waals surface area (Å²) >= 11 is 0. The van der Waals surface area contributed by atoms with E-state index in [1.165, 1.54) is 0 Å². The molecule has 66 valence electrons.